The highest BCUT2D eigenvalue weighted by molar-refractivity contribution is 5.78. The Kier molecular flexibility index (Phi) is 3.28. The lowest BCUT2D eigenvalue weighted by Crippen LogP contribution is -2.20. The van der Waals surface area contributed by atoms with Gasteiger partial charge in [0.25, 0.3) is 0 Å². The molecule has 1 aromatic carbocycles. The number of hydrogen-bond acceptors (Lipinski definition) is 3. The molecule has 0 unspecified atom stereocenters. The second-order valence-electron chi connectivity index (χ2n) is 2.56. The van der Waals surface area contributed by atoms with Crippen molar-refractivity contribution in [2.75, 3.05) is 5.73 Å². The Morgan fingerprint density at radius 3 is 2.62 bits per heavy atom. The maximum absolute atomic E-state index is 10.3. The van der Waals surface area contributed by atoms with Crippen molar-refractivity contribution >= 4 is 11.6 Å². The number of hydrogen-bond donors (Lipinski definition) is 2. The zero-order valence-corrected chi connectivity index (χ0v) is 7.12. The summed E-state index contributed by atoms with van der Waals surface area (Å²) in [6.45, 7) is 3.40. The standard InChI is InChI=1S/C9H11N2O2/c1-7(12)11-13-6-8-2-4-9(10)5-3-8/h2-5H,1,6,10H2,(H,11,12). The van der Waals surface area contributed by atoms with Crippen LogP contribution in [-0.2, 0) is 16.2 Å². The first-order valence-electron chi connectivity index (χ1n) is 3.76. The number of carbonyl (C=O) groups excluding carboxylic acids is 1. The third kappa shape index (κ3) is 3.57. The predicted octanol–water partition coefficient (Wildman–Crippen LogP) is 0.651. The van der Waals surface area contributed by atoms with Crippen molar-refractivity contribution in [2.24, 2.45) is 0 Å². The van der Waals surface area contributed by atoms with Gasteiger partial charge in [-0.15, -0.1) is 0 Å². The summed E-state index contributed by atoms with van der Waals surface area (Å²) in [5, 5.41) is 0. The van der Waals surface area contributed by atoms with Crippen LogP contribution in [0.4, 0.5) is 5.69 Å². The highest BCUT2D eigenvalue weighted by atomic mass is 16.6. The highest BCUT2D eigenvalue weighted by Crippen LogP contribution is 2.05. The van der Waals surface area contributed by atoms with Gasteiger partial charge in [-0.2, -0.15) is 0 Å². The van der Waals surface area contributed by atoms with Crippen LogP contribution >= 0.6 is 0 Å². The fraction of sp³-hybridized carbons (Fsp3) is 0.111. The molecule has 0 atom stereocenters. The zero-order chi connectivity index (χ0) is 9.68. The minimum absolute atomic E-state index is 0.307. The second-order valence-corrected chi connectivity index (χ2v) is 2.56. The molecule has 4 heteroatoms. The van der Waals surface area contributed by atoms with E-state index in [2.05, 4.69) is 12.4 Å². The molecular formula is C9H11N2O2. The van der Waals surface area contributed by atoms with Crippen molar-refractivity contribution in [3.05, 3.63) is 36.8 Å². The van der Waals surface area contributed by atoms with Gasteiger partial charge in [-0.1, -0.05) is 12.1 Å². The van der Waals surface area contributed by atoms with E-state index in [1.54, 1.807) is 12.1 Å². The van der Waals surface area contributed by atoms with Crippen LogP contribution in [0.1, 0.15) is 5.56 Å². The molecule has 0 spiro atoms. The van der Waals surface area contributed by atoms with Crippen LogP contribution in [0, 0.1) is 6.92 Å². The molecule has 0 saturated heterocycles. The summed E-state index contributed by atoms with van der Waals surface area (Å²) in [5.41, 5.74) is 9.24. The molecule has 0 aromatic heterocycles. The van der Waals surface area contributed by atoms with E-state index in [1.165, 1.54) is 0 Å². The minimum atomic E-state index is -0.463. The molecule has 3 N–H and O–H groups in total. The smallest absolute Gasteiger partial charge is 0.244 e. The van der Waals surface area contributed by atoms with Crippen molar-refractivity contribution in [2.45, 2.75) is 6.61 Å². The predicted molar refractivity (Wildman–Crippen MR) is 49.1 cm³/mol. The van der Waals surface area contributed by atoms with Crippen molar-refractivity contribution in [3.8, 4) is 0 Å². The van der Waals surface area contributed by atoms with E-state index < -0.39 is 5.91 Å². The summed E-state index contributed by atoms with van der Waals surface area (Å²) in [5.74, 6) is -0.463. The highest BCUT2D eigenvalue weighted by Gasteiger charge is 1.94. The average molecular weight is 179 g/mol. The van der Waals surface area contributed by atoms with Crippen molar-refractivity contribution in [1.82, 2.24) is 5.48 Å². The zero-order valence-electron chi connectivity index (χ0n) is 7.12. The van der Waals surface area contributed by atoms with E-state index in [0.29, 0.717) is 12.3 Å². The van der Waals surface area contributed by atoms with Crippen LogP contribution in [0.25, 0.3) is 0 Å². The molecule has 69 valence electrons. The van der Waals surface area contributed by atoms with Crippen LogP contribution in [0.2, 0.25) is 0 Å². The molecule has 4 nitrogen and oxygen atoms in total. The topological polar surface area (TPSA) is 64.3 Å². The molecule has 0 saturated carbocycles. The van der Waals surface area contributed by atoms with Crippen molar-refractivity contribution in [1.29, 1.82) is 0 Å². The van der Waals surface area contributed by atoms with Crippen LogP contribution in [0.3, 0.4) is 0 Å². The lowest BCUT2D eigenvalue weighted by Gasteiger charge is -2.03. The number of rotatable bonds is 3. The fourth-order valence-electron chi connectivity index (χ4n) is 0.814. The number of nitrogen functional groups attached to an aromatic ring is 1. The van der Waals surface area contributed by atoms with Gasteiger partial charge in [0.2, 0.25) is 5.91 Å². The maximum Gasteiger partial charge on any atom is 0.244 e. The minimum Gasteiger partial charge on any atom is -0.399 e. The first-order chi connectivity index (χ1) is 6.18. The van der Waals surface area contributed by atoms with E-state index in [9.17, 15) is 4.79 Å². The molecule has 0 bridgehead atoms. The van der Waals surface area contributed by atoms with E-state index in [-0.39, 0.29) is 0 Å². The molecule has 13 heavy (non-hydrogen) atoms. The second kappa shape index (κ2) is 4.47. The molecule has 0 aliphatic carbocycles. The van der Waals surface area contributed by atoms with Crippen LogP contribution in [0.15, 0.2) is 24.3 Å². The lowest BCUT2D eigenvalue weighted by molar-refractivity contribution is -0.129. The number of benzene rings is 1. The molecule has 0 aliphatic rings. The van der Waals surface area contributed by atoms with Gasteiger partial charge in [0.05, 0.1) is 6.61 Å². The maximum atomic E-state index is 10.3. The SMILES string of the molecule is [CH2]C(=O)NOCc1ccc(N)cc1. The molecule has 1 amide bonds. The monoisotopic (exact) mass is 179 g/mol. The summed E-state index contributed by atoms with van der Waals surface area (Å²) >= 11 is 0. The number of amides is 1. The van der Waals surface area contributed by atoms with Crippen LogP contribution < -0.4 is 11.2 Å². The van der Waals surface area contributed by atoms with E-state index in [4.69, 9.17) is 10.6 Å². The summed E-state index contributed by atoms with van der Waals surface area (Å²) in [6, 6.07) is 7.19. The fourth-order valence-corrected chi connectivity index (χ4v) is 0.814. The van der Waals surface area contributed by atoms with Gasteiger partial charge in [0.15, 0.2) is 0 Å². The largest absolute Gasteiger partial charge is 0.399 e. The molecular weight excluding hydrogens is 168 g/mol. The van der Waals surface area contributed by atoms with Crippen LogP contribution in [0.5, 0.6) is 0 Å². The summed E-state index contributed by atoms with van der Waals surface area (Å²) < 4.78 is 0. The lowest BCUT2D eigenvalue weighted by atomic mass is 10.2. The Morgan fingerprint density at radius 2 is 2.08 bits per heavy atom. The quantitative estimate of drug-likeness (QED) is 0.529. The van der Waals surface area contributed by atoms with E-state index >= 15 is 0 Å². The Labute approximate surface area is 76.6 Å². The number of nitrogens with two attached hydrogens (primary N) is 1. The van der Waals surface area contributed by atoms with Gasteiger partial charge < -0.3 is 5.73 Å². The Hall–Kier alpha value is -1.55. The Bertz CT molecular complexity index is 282. The van der Waals surface area contributed by atoms with Crippen LogP contribution in [-0.4, -0.2) is 5.91 Å². The summed E-state index contributed by atoms with van der Waals surface area (Å²) in [7, 11) is 0. The third-order valence-corrected chi connectivity index (χ3v) is 1.40. The first-order valence-corrected chi connectivity index (χ1v) is 3.76. The van der Waals surface area contributed by atoms with E-state index in [1.807, 2.05) is 12.1 Å². The number of hydroxylamine groups is 1. The molecule has 1 aromatic rings. The van der Waals surface area contributed by atoms with Gasteiger partial charge in [0.1, 0.15) is 0 Å². The average Bonchev–Trinajstić information content (AvgIpc) is 2.08. The third-order valence-electron chi connectivity index (χ3n) is 1.40. The molecule has 1 rings (SSSR count). The molecule has 0 fully saturated rings. The first kappa shape index (κ1) is 9.54. The Balaban J connectivity index is 2.37. The van der Waals surface area contributed by atoms with E-state index in [0.717, 1.165) is 5.56 Å². The molecule has 0 aliphatic heterocycles. The molecule has 1 radical (unpaired) electrons. The molecule has 0 heterocycles. The number of nitrogens with one attached hydrogen (secondary N) is 1. The summed E-state index contributed by atoms with van der Waals surface area (Å²) in [6.07, 6.45) is 0. The number of carbonyl (C=O) groups is 1. The van der Waals surface area contributed by atoms with Gasteiger partial charge in [-0.3, -0.25) is 9.63 Å². The van der Waals surface area contributed by atoms with Gasteiger partial charge >= 0.3 is 0 Å². The Morgan fingerprint density at radius 1 is 1.46 bits per heavy atom. The normalized spacial score (nSPS) is 9.62. The summed E-state index contributed by atoms with van der Waals surface area (Å²) in [4.78, 5) is 15.1. The number of anilines is 1. The van der Waals surface area contributed by atoms with Gasteiger partial charge in [-0.25, -0.2) is 5.48 Å². The van der Waals surface area contributed by atoms with Crippen molar-refractivity contribution in [3.63, 3.8) is 0 Å². The van der Waals surface area contributed by atoms with Gasteiger partial charge in [0, 0.05) is 12.6 Å². The van der Waals surface area contributed by atoms with Gasteiger partial charge in [-0.05, 0) is 17.7 Å². The van der Waals surface area contributed by atoms with Crippen molar-refractivity contribution < 1.29 is 9.63 Å².